The maximum Gasteiger partial charge on any atom is 0.191 e. The van der Waals surface area contributed by atoms with E-state index in [0.29, 0.717) is 6.04 Å². The summed E-state index contributed by atoms with van der Waals surface area (Å²) in [5.74, 6) is 1.00. The van der Waals surface area contributed by atoms with Crippen molar-refractivity contribution < 1.29 is 0 Å². The summed E-state index contributed by atoms with van der Waals surface area (Å²) in [6.45, 7) is 11.2. The van der Waals surface area contributed by atoms with Crippen molar-refractivity contribution in [3.63, 3.8) is 0 Å². The van der Waals surface area contributed by atoms with E-state index < -0.39 is 0 Å². The third-order valence-corrected chi connectivity index (χ3v) is 6.99. The predicted molar refractivity (Wildman–Crippen MR) is 138 cm³/mol. The number of halogens is 1. The van der Waals surface area contributed by atoms with Crippen LogP contribution in [0.4, 0.5) is 5.00 Å². The maximum atomic E-state index is 4.84. The lowest BCUT2D eigenvalue weighted by Gasteiger charge is -2.33. The van der Waals surface area contributed by atoms with E-state index in [0.717, 1.165) is 38.2 Å². The van der Waals surface area contributed by atoms with Crippen molar-refractivity contribution in [2.75, 3.05) is 44.2 Å². The summed E-state index contributed by atoms with van der Waals surface area (Å²) in [7, 11) is 0. The molecule has 1 aromatic heterocycles. The molecule has 7 heteroatoms. The topological polar surface area (TPSA) is 42.9 Å². The molecule has 0 saturated carbocycles. The molecule has 1 aromatic rings. The molecular formula is C22H40IN5S. The normalized spacial score (nSPS) is 21.7. The molecule has 2 aliphatic rings. The molecule has 0 aromatic carbocycles. The first kappa shape index (κ1) is 24.7. The lowest BCUT2D eigenvalue weighted by molar-refractivity contribution is 0.158. The highest BCUT2D eigenvalue weighted by atomic mass is 127. The van der Waals surface area contributed by atoms with Crippen LogP contribution in [-0.2, 0) is 0 Å². The van der Waals surface area contributed by atoms with Gasteiger partial charge >= 0.3 is 0 Å². The van der Waals surface area contributed by atoms with Gasteiger partial charge in [0.15, 0.2) is 5.96 Å². The first-order valence-corrected chi connectivity index (χ1v) is 12.2. The average molecular weight is 534 g/mol. The molecule has 5 nitrogen and oxygen atoms in total. The molecule has 29 heavy (non-hydrogen) atoms. The van der Waals surface area contributed by atoms with Gasteiger partial charge in [0.2, 0.25) is 0 Å². The van der Waals surface area contributed by atoms with Crippen LogP contribution in [0.5, 0.6) is 0 Å². The highest BCUT2D eigenvalue weighted by Crippen LogP contribution is 2.24. The zero-order valence-electron chi connectivity index (χ0n) is 18.2. The quantitative estimate of drug-likeness (QED) is 0.223. The second kappa shape index (κ2) is 13.7. The van der Waals surface area contributed by atoms with E-state index in [-0.39, 0.29) is 24.0 Å². The number of piperidine rings is 2. The van der Waals surface area contributed by atoms with Crippen LogP contribution in [0.25, 0.3) is 0 Å². The molecule has 2 N–H and O–H groups in total. The monoisotopic (exact) mass is 533 g/mol. The van der Waals surface area contributed by atoms with Crippen molar-refractivity contribution in [1.29, 1.82) is 0 Å². The molecule has 0 radical (unpaired) electrons. The zero-order valence-corrected chi connectivity index (χ0v) is 21.4. The molecule has 166 valence electrons. The minimum Gasteiger partial charge on any atom is -0.363 e. The first-order chi connectivity index (χ1) is 13.8. The van der Waals surface area contributed by atoms with E-state index >= 15 is 0 Å². The molecule has 1 atom stereocenters. The van der Waals surface area contributed by atoms with Gasteiger partial charge in [0.1, 0.15) is 0 Å². The van der Waals surface area contributed by atoms with Gasteiger partial charge in [0, 0.05) is 38.3 Å². The minimum atomic E-state index is 0. The maximum absolute atomic E-state index is 4.84. The summed E-state index contributed by atoms with van der Waals surface area (Å²) in [5, 5.41) is 10.7. The summed E-state index contributed by atoms with van der Waals surface area (Å²) in [5.41, 5.74) is 0. The number of hydrogen-bond acceptors (Lipinski definition) is 4. The van der Waals surface area contributed by atoms with Crippen LogP contribution < -0.4 is 15.5 Å². The molecule has 3 rings (SSSR count). The van der Waals surface area contributed by atoms with Crippen LogP contribution >= 0.6 is 35.3 Å². The van der Waals surface area contributed by atoms with Crippen LogP contribution in [0.15, 0.2) is 22.5 Å². The lowest BCUT2D eigenvalue weighted by atomic mass is 10.0. The van der Waals surface area contributed by atoms with Gasteiger partial charge in [-0.3, -0.25) is 4.99 Å². The molecule has 0 aliphatic carbocycles. The number of hydrogen-bond donors (Lipinski definition) is 2. The highest BCUT2D eigenvalue weighted by Gasteiger charge is 2.21. The van der Waals surface area contributed by atoms with E-state index in [4.69, 9.17) is 4.99 Å². The van der Waals surface area contributed by atoms with Gasteiger partial charge in [-0.15, -0.1) is 35.3 Å². The van der Waals surface area contributed by atoms with Crippen LogP contribution in [0.1, 0.15) is 58.8 Å². The predicted octanol–water partition coefficient (Wildman–Crippen LogP) is 4.54. The van der Waals surface area contributed by atoms with E-state index in [9.17, 15) is 0 Å². The third kappa shape index (κ3) is 8.25. The Kier molecular flexibility index (Phi) is 11.7. The van der Waals surface area contributed by atoms with E-state index in [1.807, 2.05) is 11.3 Å². The number of likely N-dealkylation sites (tertiary alicyclic amines) is 1. The fourth-order valence-electron chi connectivity index (χ4n) is 4.31. The molecule has 1 unspecified atom stereocenters. The summed E-state index contributed by atoms with van der Waals surface area (Å²) in [6, 6.07) is 5.68. The fourth-order valence-corrected chi connectivity index (χ4v) is 5.10. The van der Waals surface area contributed by atoms with Crippen molar-refractivity contribution in [1.82, 2.24) is 15.5 Å². The molecule has 0 bridgehead atoms. The van der Waals surface area contributed by atoms with E-state index in [2.05, 4.69) is 51.8 Å². The van der Waals surface area contributed by atoms with Crippen molar-refractivity contribution >= 4 is 46.3 Å². The van der Waals surface area contributed by atoms with E-state index in [1.165, 1.54) is 63.0 Å². The smallest absolute Gasteiger partial charge is 0.191 e. The van der Waals surface area contributed by atoms with E-state index in [1.54, 1.807) is 0 Å². The number of aliphatic imine (C=N–C) groups is 1. The Morgan fingerprint density at radius 3 is 2.69 bits per heavy atom. The van der Waals surface area contributed by atoms with Crippen LogP contribution in [-0.4, -0.2) is 62.2 Å². The van der Waals surface area contributed by atoms with Gasteiger partial charge in [0.25, 0.3) is 0 Å². The van der Waals surface area contributed by atoms with Crippen molar-refractivity contribution in [2.45, 2.75) is 70.9 Å². The van der Waals surface area contributed by atoms with Gasteiger partial charge in [-0.2, -0.15) is 0 Å². The Bertz CT molecular complexity index is 572. The summed E-state index contributed by atoms with van der Waals surface area (Å²) in [6.07, 6.45) is 8.94. The minimum absolute atomic E-state index is 0. The Morgan fingerprint density at radius 2 is 2.00 bits per heavy atom. The Morgan fingerprint density at radius 1 is 1.17 bits per heavy atom. The number of nitrogens with zero attached hydrogens (tertiary/aromatic N) is 3. The Balaban J connectivity index is 0.00000300. The molecule has 2 fully saturated rings. The standard InChI is InChI=1S/C22H39N5S.HI/c1-3-23-22(24-13-5-7-15-26-14-6-4-9-19(26)2)25-20-11-16-27(17-12-20)21-10-8-18-28-21;/h8,10,18-20H,3-7,9,11-17H2,1-2H3,(H2,23,24,25);1H. The second-order valence-corrected chi connectivity index (χ2v) is 9.13. The molecule has 0 amide bonds. The van der Waals surface area contributed by atoms with Gasteiger partial charge < -0.3 is 20.4 Å². The largest absolute Gasteiger partial charge is 0.363 e. The summed E-state index contributed by atoms with van der Waals surface area (Å²) >= 11 is 1.84. The van der Waals surface area contributed by atoms with Crippen LogP contribution in [0.3, 0.4) is 0 Å². The molecular weight excluding hydrogens is 493 g/mol. The number of thiophene rings is 1. The van der Waals surface area contributed by atoms with Crippen molar-refractivity contribution in [2.24, 2.45) is 4.99 Å². The summed E-state index contributed by atoms with van der Waals surface area (Å²) < 4.78 is 0. The first-order valence-electron chi connectivity index (χ1n) is 11.3. The SMILES string of the molecule is CCNC(=NCCCCN1CCCCC1C)NC1CCN(c2cccs2)CC1.I. The number of nitrogens with one attached hydrogen (secondary N) is 2. The Hall–Kier alpha value is -0.540. The zero-order chi connectivity index (χ0) is 19.6. The van der Waals surface area contributed by atoms with Gasteiger partial charge in [-0.1, -0.05) is 6.42 Å². The Labute approximate surface area is 198 Å². The van der Waals surface area contributed by atoms with Crippen LogP contribution in [0, 0.1) is 0 Å². The summed E-state index contributed by atoms with van der Waals surface area (Å²) in [4.78, 5) is 10.0. The van der Waals surface area contributed by atoms with Gasteiger partial charge in [-0.25, -0.2) is 0 Å². The third-order valence-electron chi connectivity index (χ3n) is 6.06. The van der Waals surface area contributed by atoms with Gasteiger partial charge in [-0.05, 0) is 83.0 Å². The van der Waals surface area contributed by atoms with Crippen molar-refractivity contribution in [3.05, 3.63) is 17.5 Å². The fraction of sp³-hybridized carbons (Fsp3) is 0.773. The number of rotatable bonds is 8. The number of unbranched alkanes of at least 4 members (excludes halogenated alkanes) is 1. The number of guanidine groups is 1. The molecule has 2 saturated heterocycles. The molecule has 0 spiro atoms. The lowest BCUT2D eigenvalue weighted by Crippen LogP contribution is -2.48. The highest BCUT2D eigenvalue weighted by molar-refractivity contribution is 14.0. The van der Waals surface area contributed by atoms with Gasteiger partial charge in [0.05, 0.1) is 5.00 Å². The molecule has 2 aliphatic heterocycles. The second-order valence-electron chi connectivity index (χ2n) is 8.21. The average Bonchev–Trinajstić information content (AvgIpc) is 3.24. The van der Waals surface area contributed by atoms with Crippen LogP contribution in [0.2, 0.25) is 0 Å². The number of anilines is 1. The van der Waals surface area contributed by atoms with Crippen molar-refractivity contribution in [3.8, 4) is 0 Å². The molecule has 3 heterocycles.